The highest BCUT2D eigenvalue weighted by Crippen LogP contribution is 2.31. The maximum absolute atomic E-state index is 11.9. The van der Waals surface area contributed by atoms with Crippen molar-refractivity contribution < 1.29 is 19.0 Å². The average molecular weight is 352 g/mol. The van der Waals surface area contributed by atoms with Crippen molar-refractivity contribution in [2.24, 2.45) is 5.10 Å². The highest BCUT2D eigenvalue weighted by molar-refractivity contribution is 5.83. The Labute approximate surface area is 151 Å². The van der Waals surface area contributed by atoms with Crippen LogP contribution in [0.3, 0.4) is 0 Å². The molecule has 1 N–H and O–H groups in total. The van der Waals surface area contributed by atoms with Crippen LogP contribution in [0.4, 0.5) is 0 Å². The molecule has 1 atom stereocenters. The van der Waals surface area contributed by atoms with E-state index in [1.54, 1.807) is 6.21 Å². The van der Waals surface area contributed by atoms with Gasteiger partial charge in [-0.3, -0.25) is 4.79 Å². The lowest BCUT2D eigenvalue weighted by atomic mass is 9.90. The van der Waals surface area contributed by atoms with Crippen LogP contribution in [0.1, 0.15) is 23.1 Å². The highest BCUT2D eigenvalue weighted by atomic mass is 16.7. The monoisotopic (exact) mass is 352 g/mol. The number of fused-ring (bicyclic) bond motifs is 2. The molecule has 1 aliphatic carbocycles. The maximum atomic E-state index is 11.9. The van der Waals surface area contributed by atoms with E-state index in [0.717, 1.165) is 24.8 Å². The topological polar surface area (TPSA) is 69.2 Å². The number of ether oxygens (including phenoxy) is 3. The summed E-state index contributed by atoms with van der Waals surface area (Å²) in [4.78, 5) is 11.9. The Balaban J connectivity index is 1.23. The van der Waals surface area contributed by atoms with Crippen molar-refractivity contribution in [3.05, 3.63) is 59.2 Å². The SMILES string of the molecule is O=C(CO[C@H]1CCc2ccccc2C1)NN=Cc1ccc2c(c1)OCO2. The molecule has 0 unspecified atom stereocenters. The fraction of sp³-hybridized carbons (Fsp3) is 0.300. The lowest BCUT2D eigenvalue weighted by Gasteiger charge is -2.24. The number of benzene rings is 2. The summed E-state index contributed by atoms with van der Waals surface area (Å²) in [5.41, 5.74) is 6.00. The third-order valence-corrected chi connectivity index (χ3v) is 4.55. The molecule has 2 aromatic carbocycles. The van der Waals surface area contributed by atoms with Gasteiger partial charge in [-0.15, -0.1) is 0 Å². The molecule has 0 radical (unpaired) electrons. The zero-order valence-electron chi connectivity index (χ0n) is 14.3. The fourth-order valence-electron chi connectivity index (χ4n) is 3.20. The normalized spacial score (nSPS) is 17.9. The minimum Gasteiger partial charge on any atom is -0.454 e. The van der Waals surface area contributed by atoms with Gasteiger partial charge >= 0.3 is 0 Å². The van der Waals surface area contributed by atoms with E-state index < -0.39 is 0 Å². The summed E-state index contributed by atoms with van der Waals surface area (Å²) in [6.07, 6.45) is 4.42. The van der Waals surface area contributed by atoms with Crippen molar-refractivity contribution in [2.45, 2.75) is 25.4 Å². The molecular formula is C20H20N2O4. The number of hydrogen-bond donors (Lipinski definition) is 1. The molecule has 2 aliphatic rings. The predicted octanol–water partition coefficient (Wildman–Crippen LogP) is 2.44. The summed E-state index contributed by atoms with van der Waals surface area (Å²) in [5.74, 6) is 1.13. The van der Waals surface area contributed by atoms with E-state index in [0.29, 0.717) is 11.5 Å². The van der Waals surface area contributed by atoms with Crippen LogP contribution < -0.4 is 14.9 Å². The molecule has 0 saturated carbocycles. The quantitative estimate of drug-likeness (QED) is 0.663. The molecule has 0 spiro atoms. The fourth-order valence-corrected chi connectivity index (χ4v) is 3.20. The van der Waals surface area contributed by atoms with Crippen LogP contribution in [0.15, 0.2) is 47.6 Å². The zero-order valence-corrected chi connectivity index (χ0v) is 14.3. The first-order valence-electron chi connectivity index (χ1n) is 8.68. The van der Waals surface area contributed by atoms with Crippen LogP contribution in [0, 0.1) is 0 Å². The molecule has 6 nitrogen and oxygen atoms in total. The van der Waals surface area contributed by atoms with Gasteiger partial charge in [0.25, 0.3) is 5.91 Å². The minimum atomic E-state index is -0.263. The van der Waals surface area contributed by atoms with Crippen LogP contribution >= 0.6 is 0 Å². The van der Waals surface area contributed by atoms with Crippen LogP contribution in [0.2, 0.25) is 0 Å². The molecule has 0 fully saturated rings. The van der Waals surface area contributed by atoms with E-state index >= 15 is 0 Å². The molecule has 0 aromatic heterocycles. The number of carbonyl (C=O) groups excluding carboxylic acids is 1. The second-order valence-corrected chi connectivity index (χ2v) is 6.35. The van der Waals surface area contributed by atoms with Crippen LogP contribution in [-0.2, 0) is 22.4 Å². The molecular weight excluding hydrogens is 332 g/mol. The van der Waals surface area contributed by atoms with Crippen LogP contribution in [-0.4, -0.2) is 31.6 Å². The van der Waals surface area contributed by atoms with Gasteiger partial charge in [0.05, 0.1) is 12.3 Å². The minimum absolute atomic E-state index is 0.00527. The summed E-state index contributed by atoms with van der Waals surface area (Å²) in [7, 11) is 0. The highest BCUT2D eigenvalue weighted by Gasteiger charge is 2.19. The summed E-state index contributed by atoms with van der Waals surface area (Å²) in [6.45, 7) is 0.237. The van der Waals surface area contributed by atoms with Gasteiger partial charge in [0.1, 0.15) is 6.61 Å². The lowest BCUT2D eigenvalue weighted by Crippen LogP contribution is -2.29. The van der Waals surface area contributed by atoms with E-state index in [4.69, 9.17) is 14.2 Å². The van der Waals surface area contributed by atoms with Crippen molar-refractivity contribution in [1.82, 2.24) is 5.43 Å². The van der Waals surface area contributed by atoms with Gasteiger partial charge in [-0.25, -0.2) is 5.43 Å². The molecule has 1 heterocycles. The number of hydrazone groups is 1. The van der Waals surface area contributed by atoms with Crippen molar-refractivity contribution in [1.29, 1.82) is 0 Å². The van der Waals surface area contributed by atoms with Crippen LogP contribution in [0.25, 0.3) is 0 Å². The molecule has 134 valence electrons. The number of carbonyl (C=O) groups is 1. The Morgan fingerprint density at radius 2 is 2.04 bits per heavy atom. The van der Waals surface area contributed by atoms with E-state index in [1.165, 1.54) is 11.1 Å². The Morgan fingerprint density at radius 3 is 2.96 bits per heavy atom. The van der Waals surface area contributed by atoms with Gasteiger partial charge in [-0.1, -0.05) is 24.3 Å². The van der Waals surface area contributed by atoms with Gasteiger partial charge in [-0.2, -0.15) is 5.10 Å². The van der Waals surface area contributed by atoms with Crippen molar-refractivity contribution in [3.8, 4) is 11.5 Å². The number of aryl methyl sites for hydroxylation is 1. The summed E-state index contributed by atoms with van der Waals surface area (Å²) < 4.78 is 16.3. The van der Waals surface area contributed by atoms with E-state index in [1.807, 2.05) is 24.3 Å². The van der Waals surface area contributed by atoms with E-state index in [9.17, 15) is 4.79 Å². The second-order valence-electron chi connectivity index (χ2n) is 6.35. The zero-order chi connectivity index (χ0) is 17.8. The maximum Gasteiger partial charge on any atom is 0.266 e. The van der Waals surface area contributed by atoms with Crippen molar-refractivity contribution in [3.63, 3.8) is 0 Å². The molecule has 0 bridgehead atoms. The number of rotatable bonds is 5. The Kier molecular flexibility index (Phi) is 4.84. The molecule has 0 saturated heterocycles. The number of amides is 1. The third-order valence-electron chi connectivity index (χ3n) is 4.55. The molecule has 1 aliphatic heterocycles. The first-order valence-corrected chi connectivity index (χ1v) is 8.68. The van der Waals surface area contributed by atoms with Gasteiger partial charge in [0.2, 0.25) is 6.79 Å². The molecule has 26 heavy (non-hydrogen) atoms. The molecule has 1 amide bonds. The lowest BCUT2D eigenvalue weighted by molar-refractivity contribution is -0.127. The van der Waals surface area contributed by atoms with Crippen molar-refractivity contribution >= 4 is 12.1 Å². The largest absolute Gasteiger partial charge is 0.454 e. The second kappa shape index (κ2) is 7.58. The molecule has 4 rings (SSSR count). The van der Waals surface area contributed by atoms with Gasteiger partial charge in [0.15, 0.2) is 11.5 Å². The summed E-state index contributed by atoms with van der Waals surface area (Å²) in [5, 5.41) is 3.97. The number of hydrogen-bond acceptors (Lipinski definition) is 5. The number of nitrogens with one attached hydrogen (secondary N) is 1. The van der Waals surface area contributed by atoms with E-state index in [-0.39, 0.29) is 25.4 Å². The first-order chi connectivity index (χ1) is 12.8. The Bertz CT molecular complexity index is 834. The van der Waals surface area contributed by atoms with E-state index in [2.05, 4.69) is 28.7 Å². The third kappa shape index (κ3) is 3.86. The summed E-state index contributed by atoms with van der Waals surface area (Å²) in [6, 6.07) is 13.9. The van der Waals surface area contributed by atoms with Gasteiger partial charge in [0, 0.05) is 0 Å². The average Bonchev–Trinajstić information content (AvgIpc) is 3.14. The number of nitrogens with zero attached hydrogens (tertiary/aromatic N) is 1. The molecule has 6 heteroatoms. The van der Waals surface area contributed by atoms with Crippen LogP contribution in [0.5, 0.6) is 11.5 Å². The predicted molar refractivity (Wildman–Crippen MR) is 96.5 cm³/mol. The smallest absolute Gasteiger partial charge is 0.266 e. The Hall–Kier alpha value is -2.86. The Morgan fingerprint density at radius 1 is 1.19 bits per heavy atom. The summed E-state index contributed by atoms with van der Waals surface area (Å²) >= 11 is 0. The molecule has 2 aromatic rings. The van der Waals surface area contributed by atoms with Crippen molar-refractivity contribution in [2.75, 3.05) is 13.4 Å². The first kappa shape index (κ1) is 16.6. The van der Waals surface area contributed by atoms with Gasteiger partial charge in [-0.05, 0) is 54.2 Å². The van der Waals surface area contributed by atoms with Gasteiger partial charge < -0.3 is 14.2 Å². The standard InChI is InChI=1S/C20H20N2O4/c23-20(12-24-17-7-6-15-3-1-2-4-16(15)10-17)22-21-11-14-5-8-18-19(9-14)26-13-25-18/h1-5,8-9,11,17H,6-7,10,12-13H2,(H,22,23)/t17-/m0/s1.